The summed E-state index contributed by atoms with van der Waals surface area (Å²) in [7, 11) is -0.940. The normalized spacial score (nSPS) is 18.2. The van der Waals surface area contributed by atoms with Gasteiger partial charge in [0.25, 0.3) is 11.9 Å². The first-order chi connectivity index (χ1) is 8.11. The van der Waals surface area contributed by atoms with Gasteiger partial charge in [-0.1, -0.05) is 37.3 Å². The Kier molecular flexibility index (Phi) is 5.26. The van der Waals surface area contributed by atoms with Crippen molar-refractivity contribution in [1.29, 1.82) is 0 Å². The predicted octanol–water partition coefficient (Wildman–Crippen LogP) is 1.97. The van der Waals surface area contributed by atoms with Crippen LogP contribution in [0.25, 0.3) is 0 Å². The van der Waals surface area contributed by atoms with Gasteiger partial charge in [-0.05, 0) is 12.4 Å². The Morgan fingerprint density at radius 2 is 1.82 bits per heavy atom. The molecule has 0 bridgehead atoms. The third-order valence-electron chi connectivity index (χ3n) is 2.04. The van der Waals surface area contributed by atoms with Gasteiger partial charge in [-0.25, -0.2) is 0 Å². The minimum atomic E-state index is -0.940. The van der Waals surface area contributed by atoms with Gasteiger partial charge in [0.2, 0.25) is 0 Å². The van der Waals surface area contributed by atoms with Gasteiger partial charge in [0.05, 0.1) is 12.8 Å². The highest BCUT2D eigenvalue weighted by atomic mass is 16.6. The summed E-state index contributed by atoms with van der Waals surface area (Å²) in [6.07, 6.45) is 6.46. The summed E-state index contributed by atoms with van der Waals surface area (Å²) in [5.41, 5.74) is 0.508. The summed E-state index contributed by atoms with van der Waals surface area (Å²) in [5.74, 6) is 0.656. The topological polar surface area (TPSA) is 52.6 Å². The molecule has 1 saturated heterocycles. The highest BCUT2D eigenvalue weighted by Crippen LogP contribution is 2.12. The van der Waals surface area contributed by atoms with Crippen molar-refractivity contribution in [3.05, 3.63) is 36.4 Å². The van der Waals surface area contributed by atoms with Crippen LogP contribution >= 0.6 is 0 Å². The monoisotopic (exact) mass is 234 g/mol. The maximum absolute atomic E-state index is 11.3. The molecule has 0 aromatic heterocycles. The van der Waals surface area contributed by atoms with Crippen molar-refractivity contribution in [1.82, 2.24) is 0 Å². The van der Waals surface area contributed by atoms with Gasteiger partial charge in [0.1, 0.15) is 0 Å². The molecule has 0 saturated carbocycles. The average Bonchev–Trinajstić information content (AvgIpc) is 2.21. The van der Waals surface area contributed by atoms with E-state index in [0.29, 0.717) is 5.57 Å². The molecule has 1 rings (SSSR count). The van der Waals surface area contributed by atoms with Crippen molar-refractivity contribution in [2.75, 3.05) is 0 Å². The van der Waals surface area contributed by atoms with Gasteiger partial charge in [-0.2, -0.15) is 0 Å². The first-order valence-electron chi connectivity index (χ1n) is 5.50. The van der Waals surface area contributed by atoms with E-state index in [2.05, 4.69) is 6.58 Å². The van der Waals surface area contributed by atoms with Crippen LogP contribution in [0.15, 0.2) is 36.4 Å². The second-order valence-electron chi connectivity index (χ2n) is 3.67. The second kappa shape index (κ2) is 6.73. The lowest BCUT2D eigenvalue weighted by Gasteiger charge is -2.15. The molecule has 90 valence electrons. The summed E-state index contributed by atoms with van der Waals surface area (Å²) in [4.78, 5) is 22.7. The molecule has 4 nitrogen and oxygen atoms in total. The largest absolute Gasteiger partial charge is 0.628 e. The maximum atomic E-state index is 11.3. The van der Waals surface area contributed by atoms with E-state index in [1.54, 1.807) is 12.2 Å². The van der Waals surface area contributed by atoms with Crippen LogP contribution in [0.5, 0.6) is 0 Å². The molecule has 0 amide bonds. The first kappa shape index (κ1) is 13.3. The lowest BCUT2D eigenvalue weighted by molar-refractivity contribution is -0.140. The van der Waals surface area contributed by atoms with Gasteiger partial charge in [-0.3, -0.25) is 9.59 Å². The molecule has 0 aromatic rings. The smallest absolute Gasteiger partial charge is 0.495 e. The minimum Gasteiger partial charge on any atom is -0.495 e. The third-order valence-corrected chi connectivity index (χ3v) is 2.04. The minimum absolute atomic E-state index is 0.0598. The van der Waals surface area contributed by atoms with E-state index in [4.69, 9.17) is 9.31 Å². The van der Waals surface area contributed by atoms with Crippen LogP contribution in [0.1, 0.15) is 26.2 Å². The van der Waals surface area contributed by atoms with Gasteiger partial charge in [-0.15, -0.1) is 0 Å². The molecule has 0 radical (unpaired) electrons. The average molecular weight is 234 g/mol. The quantitative estimate of drug-likeness (QED) is 0.425. The molecule has 0 spiro atoms. The van der Waals surface area contributed by atoms with Gasteiger partial charge < -0.3 is 9.31 Å². The van der Waals surface area contributed by atoms with Crippen LogP contribution in [-0.2, 0) is 18.9 Å². The second-order valence-corrected chi connectivity index (χ2v) is 3.67. The van der Waals surface area contributed by atoms with Gasteiger partial charge >= 0.3 is 7.12 Å². The Morgan fingerprint density at radius 3 is 2.35 bits per heavy atom. The molecular weight excluding hydrogens is 219 g/mol. The standard InChI is InChI=1S/C12H15BO4/c1-3-4-5-6-7-13-16-11(14)8-10(2)9-12(15)17-13/h4-7H,2-3,8-9H2,1H3/b5-4+,7-6+. The highest BCUT2D eigenvalue weighted by molar-refractivity contribution is 6.54. The Bertz CT molecular complexity index is 349. The van der Waals surface area contributed by atoms with Crippen LogP contribution < -0.4 is 0 Å². The van der Waals surface area contributed by atoms with Crippen LogP contribution in [0.2, 0.25) is 0 Å². The molecule has 5 heteroatoms. The molecule has 1 heterocycles. The van der Waals surface area contributed by atoms with E-state index in [0.717, 1.165) is 6.42 Å². The SMILES string of the molecule is C=C1CC(=O)OB(/C=C/C=C/CC)OC(=O)C1. The van der Waals surface area contributed by atoms with Gasteiger partial charge in [0.15, 0.2) is 0 Å². The summed E-state index contributed by atoms with van der Waals surface area (Å²) in [6, 6.07) is 0. The fourth-order valence-corrected chi connectivity index (χ4v) is 1.29. The van der Waals surface area contributed by atoms with Crippen molar-refractivity contribution in [2.45, 2.75) is 26.2 Å². The van der Waals surface area contributed by atoms with Crippen LogP contribution in [0, 0.1) is 0 Å². The molecular formula is C12H15BO4. The third kappa shape index (κ3) is 5.20. The number of carbonyl (C=O) groups excluding carboxylic acids is 2. The summed E-state index contributed by atoms with van der Waals surface area (Å²) in [6.45, 7) is 5.60. The zero-order valence-corrected chi connectivity index (χ0v) is 9.85. The summed E-state index contributed by atoms with van der Waals surface area (Å²) < 4.78 is 9.90. The molecule has 0 aliphatic carbocycles. The number of hydrogen-bond acceptors (Lipinski definition) is 4. The van der Waals surface area contributed by atoms with Crippen molar-refractivity contribution in [2.24, 2.45) is 0 Å². The number of rotatable bonds is 3. The zero-order chi connectivity index (χ0) is 12.7. The first-order valence-corrected chi connectivity index (χ1v) is 5.50. The van der Waals surface area contributed by atoms with E-state index in [1.807, 2.05) is 13.0 Å². The van der Waals surface area contributed by atoms with E-state index >= 15 is 0 Å². The zero-order valence-electron chi connectivity index (χ0n) is 9.85. The number of carbonyl (C=O) groups is 2. The molecule has 0 N–H and O–H groups in total. The lowest BCUT2D eigenvalue weighted by Crippen LogP contribution is -2.30. The fraction of sp³-hybridized carbons (Fsp3) is 0.333. The molecule has 0 atom stereocenters. The Labute approximate surface area is 101 Å². The van der Waals surface area contributed by atoms with Crippen molar-refractivity contribution in [3.63, 3.8) is 0 Å². The molecule has 1 aliphatic heterocycles. The van der Waals surface area contributed by atoms with Crippen LogP contribution in [0.3, 0.4) is 0 Å². The number of hydrogen-bond donors (Lipinski definition) is 0. The van der Waals surface area contributed by atoms with E-state index in [9.17, 15) is 9.59 Å². The molecule has 1 aliphatic rings. The lowest BCUT2D eigenvalue weighted by atomic mass is 9.88. The Balaban J connectivity index is 2.61. The van der Waals surface area contributed by atoms with Crippen molar-refractivity contribution in [3.8, 4) is 0 Å². The Morgan fingerprint density at radius 1 is 1.24 bits per heavy atom. The predicted molar refractivity (Wildman–Crippen MR) is 64.9 cm³/mol. The molecule has 17 heavy (non-hydrogen) atoms. The summed E-state index contributed by atoms with van der Waals surface area (Å²) >= 11 is 0. The fourth-order valence-electron chi connectivity index (χ4n) is 1.29. The maximum Gasteiger partial charge on any atom is 0.628 e. The molecule has 0 aromatic carbocycles. The summed E-state index contributed by atoms with van der Waals surface area (Å²) in [5, 5.41) is 0. The Hall–Kier alpha value is -1.78. The molecule has 1 fully saturated rings. The van der Waals surface area contributed by atoms with Crippen LogP contribution in [-0.4, -0.2) is 19.1 Å². The van der Waals surface area contributed by atoms with E-state index in [1.165, 1.54) is 5.98 Å². The van der Waals surface area contributed by atoms with Crippen LogP contribution in [0.4, 0.5) is 0 Å². The number of allylic oxidation sites excluding steroid dienone is 3. The van der Waals surface area contributed by atoms with Crippen molar-refractivity contribution >= 4 is 19.1 Å². The van der Waals surface area contributed by atoms with E-state index < -0.39 is 19.1 Å². The van der Waals surface area contributed by atoms with E-state index in [-0.39, 0.29) is 12.8 Å². The van der Waals surface area contributed by atoms with Crippen molar-refractivity contribution < 1.29 is 18.9 Å². The highest BCUT2D eigenvalue weighted by Gasteiger charge is 2.28. The molecule has 0 unspecified atom stereocenters. The van der Waals surface area contributed by atoms with Gasteiger partial charge in [0, 0.05) is 0 Å².